The summed E-state index contributed by atoms with van der Waals surface area (Å²) in [5.74, 6) is 1.17. The molecule has 1 N–H and O–H groups in total. The zero-order valence-electron chi connectivity index (χ0n) is 18.7. The Hall–Kier alpha value is -4.33. The van der Waals surface area contributed by atoms with Crippen molar-refractivity contribution in [2.24, 2.45) is 14.1 Å². The number of carbonyl (C=O) groups excluding carboxylic acids is 1. The van der Waals surface area contributed by atoms with Crippen LogP contribution in [-0.4, -0.2) is 22.2 Å². The summed E-state index contributed by atoms with van der Waals surface area (Å²) in [6.07, 6.45) is 0. The lowest BCUT2D eigenvalue weighted by molar-refractivity contribution is 0.102. The van der Waals surface area contributed by atoms with Crippen LogP contribution in [0.15, 0.2) is 70.3 Å². The number of hydrogen-bond donors (Lipinski definition) is 1. The van der Waals surface area contributed by atoms with Gasteiger partial charge in [-0.15, -0.1) is 0 Å². The smallest absolute Gasteiger partial charge is 0.316 e. The summed E-state index contributed by atoms with van der Waals surface area (Å²) in [5, 5.41) is 2.87. The number of amides is 1. The molecule has 8 nitrogen and oxygen atoms in total. The number of fused-ring (bicyclic) bond motifs is 1. The molecule has 0 atom stereocenters. The topological polar surface area (TPSA) is 91.6 Å². The Kier molecular flexibility index (Phi) is 5.74. The van der Waals surface area contributed by atoms with Crippen LogP contribution in [-0.2, 0) is 14.1 Å². The van der Waals surface area contributed by atoms with Crippen LogP contribution in [0.3, 0.4) is 0 Å². The fourth-order valence-corrected chi connectivity index (χ4v) is 3.45. The van der Waals surface area contributed by atoms with E-state index in [-0.39, 0.29) is 5.91 Å². The maximum Gasteiger partial charge on any atom is 0.316 e. The monoisotopic (exact) mass is 445 g/mol. The average Bonchev–Trinajstić information content (AvgIpc) is 2.83. The van der Waals surface area contributed by atoms with Gasteiger partial charge >= 0.3 is 11.1 Å². The number of anilines is 1. The van der Waals surface area contributed by atoms with Crippen LogP contribution in [0, 0.1) is 6.92 Å². The molecule has 168 valence electrons. The Labute approximate surface area is 189 Å². The van der Waals surface area contributed by atoms with Gasteiger partial charge in [0.2, 0.25) is 0 Å². The van der Waals surface area contributed by atoms with Gasteiger partial charge in [-0.2, -0.15) is 0 Å². The summed E-state index contributed by atoms with van der Waals surface area (Å²) >= 11 is 0. The first-order valence-corrected chi connectivity index (χ1v) is 10.2. The van der Waals surface area contributed by atoms with E-state index in [1.165, 1.54) is 23.2 Å². The summed E-state index contributed by atoms with van der Waals surface area (Å²) in [6.45, 7) is 1.94. The lowest BCUT2D eigenvalue weighted by Crippen LogP contribution is -2.39. The SMILES string of the molecule is COc1ccc(Oc2cc3c(cc2NC(=O)c2ccc(C)cc2)n(C)c(=O)c(=O)n3C)cc1. The molecule has 0 bridgehead atoms. The van der Waals surface area contributed by atoms with Gasteiger partial charge in [0.25, 0.3) is 5.91 Å². The molecule has 0 fully saturated rings. The van der Waals surface area contributed by atoms with Gasteiger partial charge in [0.05, 0.1) is 23.8 Å². The minimum Gasteiger partial charge on any atom is -0.497 e. The third-order valence-corrected chi connectivity index (χ3v) is 5.44. The molecule has 0 saturated heterocycles. The van der Waals surface area contributed by atoms with Crippen molar-refractivity contribution in [2.45, 2.75) is 6.92 Å². The number of hydrogen-bond acceptors (Lipinski definition) is 5. The van der Waals surface area contributed by atoms with Gasteiger partial charge in [0, 0.05) is 25.7 Å². The van der Waals surface area contributed by atoms with E-state index in [2.05, 4.69) is 5.32 Å². The van der Waals surface area contributed by atoms with Gasteiger partial charge < -0.3 is 23.9 Å². The molecule has 0 aliphatic carbocycles. The largest absolute Gasteiger partial charge is 0.497 e. The molecule has 1 heterocycles. The average molecular weight is 445 g/mol. The molecule has 0 spiro atoms. The number of nitrogens with zero attached hydrogens (tertiary/aromatic N) is 2. The number of aromatic nitrogens is 2. The summed E-state index contributed by atoms with van der Waals surface area (Å²) in [7, 11) is 4.61. The minimum absolute atomic E-state index is 0.321. The van der Waals surface area contributed by atoms with E-state index < -0.39 is 11.1 Å². The van der Waals surface area contributed by atoms with Crippen LogP contribution in [0.2, 0.25) is 0 Å². The maximum absolute atomic E-state index is 12.9. The molecule has 0 aliphatic heterocycles. The fraction of sp³-hybridized carbons (Fsp3) is 0.160. The van der Waals surface area contributed by atoms with Crippen LogP contribution >= 0.6 is 0 Å². The number of carbonyl (C=O) groups is 1. The quantitative estimate of drug-likeness (QED) is 0.474. The molecule has 0 unspecified atom stereocenters. The fourth-order valence-electron chi connectivity index (χ4n) is 3.45. The maximum atomic E-state index is 12.9. The van der Waals surface area contributed by atoms with E-state index in [9.17, 15) is 14.4 Å². The molecule has 1 aromatic heterocycles. The molecule has 33 heavy (non-hydrogen) atoms. The molecule has 0 aliphatic rings. The minimum atomic E-state index is -0.662. The molecule has 0 saturated carbocycles. The van der Waals surface area contributed by atoms with Gasteiger partial charge in [-0.3, -0.25) is 14.4 Å². The Morgan fingerprint density at radius 2 is 1.36 bits per heavy atom. The lowest BCUT2D eigenvalue weighted by Gasteiger charge is -2.16. The first-order valence-electron chi connectivity index (χ1n) is 10.2. The van der Waals surface area contributed by atoms with E-state index in [1.54, 1.807) is 55.6 Å². The molecule has 4 rings (SSSR count). The Morgan fingerprint density at radius 1 is 0.818 bits per heavy atom. The zero-order valence-corrected chi connectivity index (χ0v) is 18.7. The van der Waals surface area contributed by atoms with E-state index >= 15 is 0 Å². The third-order valence-electron chi connectivity index (χ3n) is 5.44. The molecule has 0 radical (unpaired) electrons. The predicted molar refractivity (Wildman–Crippen MR) is 127 cm³/mol. The van der Waals surface area contributed by atoms with Crippen molar-refractivity contribution in [1.82, 2.24) is 9.13 Å². The molecule has 1 amide bonds. The van der Waals surface area contributed by atoms with Gasteiger partial charge in [-0.05, 0) is 49.4 Å². The van der Waals surface area contributed by atoms with Crippen molar-refractivity contribution in [3.63, 3.8) is 0 Å². The Balaban J connectivity index is 1.84. The number of nitrogens with one attached hydrogen (secondary N) is 1. The standard InChI is InChI=1S/C25H23N3O5/c1-15-5-7-16(8-6-15)23(29)26-19-13-20-21(28(3)25(31)24(30)27(20)2)14-22(19)33-18-11-9-17(32-4)10-12-18/h5-14H,1-4H3,(H,26,29). The zero-order chi connectivity index (χ0) is 23.7. The van der Waals surface area contributed by atoms with Gasteiger partial charge in [0.15, 0.2) is 5.75 Å². The second-order valence-corrected chi connectivity index (χ2v) is 7.66. The first kappa shape index (κ1) is 21.9. The van der Waals surface area contributed by atoms with Crippen molar-refractivity contribution < 1.29 is 14.3 Å². The highest BCUT2D eigenvalue weighted by Crippen LogP contribution is 2.34. The Morgan fingerprint density at radius 3 is 1.94 bits per heavy atom. The second kappa shape index (κ2) is 8.66. The molecular weight excluding hydrogens is 422 g/mol. The number of ether oxygens (including phenoxy) is 2. The van der Waals surface area contributed by atoms with Crippen molar-refractivity contribution >= 4 is 22.6 Å². The highest BCUT2D eigenvalue weighted by molar-refractivity contribution is 6.06. The molecule has 3 aromatic carbocycles. The summed E-state index contributed by atoms with van der Waals surface area (Å²) in [5.41, 5.74) is 1.52. The summed E-state index contributed by atoms with van der Waals surface area (Å²) in [4.78, 5) is 37.6. The molecule has 8 heteroatoms. The van der Waals surface area contributed by atoms with Crippen molar-refractivity contribution in [3.05, 3.63) is 92.5 Å². The molecular formula is C25H23N3O5. The normalized spacial score (nSPS) is 10.8. The van der Waals surface area contributed by atoms with Crippen LogP contribution in [0.25, 0.3) is 11.0 Å². The van der Waals surface area contributed by atoms with E-state index in [1.807, 2.05) is 19.1 Å². The van der Waals surface area contributed by atoms with Crippen molar-refractivity contribution in [1.29, 1.82) is 0 Å². The molecule has 4 aromatic rings. The predicted octanol–water partition coefficient (Wildman–Crippen LogP) is 3.60. The number of rotatable bonds is 5. The third kappa shape index (κ3) is 4.23. The summed E-state index contributed by atoms with van der Waals surface area (Å²) < 4.78 is 13.8. The van der Waals surface area contributed by atoms with Gasteiger partial charge in [-0.25, -0.2) is 0 Å². The van der Waals surface area contributed by atoms with E-state index in [4.69, 9.17) is 9.47 Å². The lowest BCUT2D eigenvalue weighted by atomic mass is 10.1. The van der Waals surface area contributed by atoms with E-state index in [0.29, 0.717) is 39.5 Å². The second-order valence-electron chi connectivity index (χ2n) is 7.66. The number of benzene rings is 3. The van der Waals surface area contributed by atoms with Crippen molar-refractivity contribution in [3.8, 4) is 17.2 Å². The van der Waals surface area contributed by atoms with Crippen LogP contribution in [0.5, 0.6) is 17.2 Å². The number of aryl methyl sites for hydroxylation is 3. The van der Waals surface area contributed by atoms with Crippen molar-refractivity contribution in [2.75, 3.05) is 12.4 Å². The highest BCUT2D eigenvalue weighted by Gasteiger charge is 2.17. The number of methoxy groups -OCH3 is 1. The first-order chi connectivity index (χ1) is 15.8. The van der Waals surface area contributed by atoms with Crippen LogP contribution in [0.4, 0.5) is 5.69 Å². The Bertz CT molecular complexity index is 1470. The highest BCUT2D eigenvalue weighted by atomic mass is 16.5. The van der Waals surface area contributed by atoms with Crippen LogP contribution in [0.1, 0.15) is 15.9 Å². The van der Waals surface area contributed by atoms with Gasteiger partial charge in [-0.1, -0.05) is 17.7 Å². The summed E-state index contributed by atoms with van der Waals surface area (Å²) in [6, 6.07) is 17.4. The van der Waals surface area contributed by atoms with Crippen LogP contribution < -0.4 is 25.9 Å². The van der Waals surface area contributed by atoms with Gasteiger partial charge in [0.1, 0.15) is 11.5 Å². The van der Waals surface area contributed by atoms with E-state index in [0.717, 1.165) is 5.56 Å².